The van der Waals surface area contributed by atoms with Crippen LogP contribution in [0.25, 0.3) is 10.9 Å². The van der Waals surface area contributed by atoms with Crippen LogP contribution in [0.4, 0.5) is 5.69 Å². The summed E-state index contributed by atoms with van der Waals surface area (Å²) in [6.07, 6.45) is 0.241. The lowest BCUT2D eigenvalue weighted by atomic mass is 10.1. The number of fused-ring (bicyclic) bond motifs is 1. The van der Waals surface area contributed by atoms with Gasteiger partial charge in [0.2, 0.25) is 0 Å². The Labute approximate surface area is 120 Å². The second-order valence-electron chi connectivity index (χ2n) is 5.15. The van der Waals surface area contributed by atoms with Gasteiger partial charge >= 0.3 is 0 Å². The van der Waals surface area contributed by atoms with Gasteiger partial charge in [0.15, 0.2) is 0 Å². The first-order valence-electron chi connectivity index (χ1n) is 6.94. The highest BCUT2D eigenvalue weighted by atomic mass is 16.5. The standard InChI is InChI=1S/C16H22N2O2/c1-12(2)20-9-8-18(3)16-10-13(11-19)17-15-7-5-4-6-14(15)16/h4-7,10,12,19H,8-9,11H2,1-3H3. The topological polar surface area (TPSA) is 45.6 Å². The van der Waals surface area contributed by atoms with E-state index in [1.807, 2.05) is 45.2 Å². The van der Waals surface area contributed by atoms with Gasteiger partial charge in [-0.2, -0.15) is 0 Å². The lowest BCUT2D eigenvalue weighted by molar-refractivity contribution is 0.0846. The van der Waals surface area contributed by atoms with Crippen LogP contribution in [-0.4, -0.2) is 36.4 Å². The monoisotopic (exact) mass is 274 g/mol. The molecule has 4 heteroatoms. The van der Waals surface area contributed by atoms with Gasteiger partial charge in [-0.05, 0) is 26.0 Å². The molecular weight excluding hydrogens is 252 g/mol. The Bertz CT molecular complexity index is 569. The van der Waals surface area contributed by atoms with E-state index in [-0.39, 0.29) is 12.7 Å². The molecule has 1 heterocycles. The zero-order valence-corrected chi connectivity index (χ0v) is 12.3. The van der Waals surface area contributed by atoms with Crippen LogP contribution in [-0.2, 0) is 11.3 Å². The molecule has 0 saturated carbocycles. The van der Waals surface area contributed by atoms with Crippen molar-refractivity contribution in [2.75, 3.05) is 25.1 Å². The molecule has 0 fully saturated rings. The number of aliphatic hydroxyl groups excluding tert-OH is 1. The van der Waals surface area contributed by atoms with Gasteiger partial charge in [0.1, 0.15) is 0 Å². The van der Waals surface area contributed by atoms with Crippen molar-refractivity contribution in [1.82, 2.24) is 4.98 Å². The zero-order valence-electron chi connectivity index (χ0n) is 12.3. The fraction of sp³-hybridized carbons (Fsp3) is 0.438. The molecule has 108 valence electrons. The average molecular weight is 274 g/mol. The Morgan fingerprint density at radius 2 is 2.05 bits per heavy atom. The largest absolute Gasteiger partial charge is 0.390 e. The molecule has 4 nitrogen and oxygen atoms in total. The van der Waals surface area contributed by atoms with Crippen molar-refractivity contribution in [3.05, 3.63) is 36.0 Å². The van der Waals surface area contributed by atoms with Crippen LogP contribution >= 0.6 is 0 Å². The molecule has 0 aliphatic rings. The first-order chi connectivity index (χ1) is 9.61. The van der Waals surface area contributed by atoms with E-state index in [1.54, 1.807) is 0 Å². The van der Waals surface area contributed by atoms with Gasteiger partial charge < -0.3 is 14.7 Å². The Morgan fingerprint density at radius 3 is 2.75 bits per heavy atom. The first-order valence-corrected chi connectivity index (χ1v) is 6.94. The van der Waals surface area contributed by atoms with E-state index in [0.29, 0.717) is 12.3 Å². The van der Waals surface area contributed by atoms with Crippen molar-refractivity contribution in [2.45, 2.75) is 26.6 Å². The molecule has 1 N–H and O–H groups in total. The maximum Gasteiger partial charge on any atom is 0.0854 e. The third-order valence-electron chi connectivity index (χ3n) is 3.20. The summed E-state index contributed by atoms with van der Waals surface area (Å²) in [5.41, 5.74) is 2.67. The third kappa shape index (κ3) is 3.46. The number of pyridine rings is 1. The molecule has 0 spiro atoms. The van der Waals surface area contributed by atoms with Crippen LogP contribution in [0.5, 0.6) is 0 Å². The molecule has 2 aromatic rings. The fourth-order valence-corrected chi connectivity index (χ4v) is 2.15. The van der Waals surface area contributed by atoms with E-state index in [0.717, 1.165) is 23.1 Å². The number of hydrogen-bond donors (Lipinski definition) is 1. The van der Waals surface area contributed by atoms with Crippen molar-refractivity contribution in [3.8, 4) is 0 Å². The molecule has 0 radical (unpaired) electrons. The second-order valence-corrected chi connectivity index (χ2v) is 5.15. The highest BCUT2D eigenvalue weighted by molar-refractivity contribution is 5.91. The number of aromatic nitrogens is 1. The summed E-state index contributed by atoms with van der Waals surface area (Å²) in [5, 5.41) is 10.4. The van der Waals surface area contributed by atoms with Gasteiger partial charge in [-0.15, -0.1) is 0 Å². The van der Waals surface area contributed by atoms with E-state index in [4.69, 9.17) is 4.74 Å². The lowest BCUT2D eigenvalue weighted by Crippen LogP contribution is -2.24. The summed E-state index contributed by atoms with van der Waals surface area (Å²) in [6, 6.07) is 9.93. The van der Waals surface area contributed by atoms with Gasteiger partial charge in [-0.3, -0.25) is 4.98 Å². The summed E-state index contributed by atoms with van der Waals surface area (Å²) in [7, 11) is 2.03. The minimum atomic E-state index is -0.0475. The van der Waals surface area contributed by atoms with Crippen LogP contribution in [0.1, 0.15) is 19.5 Å². The Balaban J connectivity index is 2.27. The summed E-state index contributed by atoms with van der Waals surface area (Å²) in [5.74, 6) is 0. The van der Waals surface area contributed by atoms with Crippen LogP contribution < -0.4 is 4.90 Å². The number of para-hydroxylation sites is 1. The molecule has 0 atom stereocenters. The SMILES string of the molecule is CC(C)OCCN(C)c1cc(CO)nc2ccccc12. The molecule has 0 bridgehead atoms. The predicted molar refractivity (Wildman–Crippen MR) is 82.0 cm³/mol. The summed E-state index contributed by atoms with van der Waals surface area (Å²) in [6.45, 7) is 5.50. The zero-order chi connectivity index (χ0) is 14.5. The van der Waals surface area contributed by atoms with Crippen molar-refractivity contribution < 1.29 is 9.84 Å². The molecule has 1 aromatic heterocycles. The molecule has 0 unspecified atom stereocenters. The van der Waals surface area contributed by atoms with E-state index < -0.39 is 0 Å². The third-order valence-corrected chi connectivity index (χ3v) is 3.20. The normalized spacial score (nSPS) is 11.2. The molecule has 2 rings (SSSR count). The van der Waals surface area contributed by atoms with Gasteiger partial charge in [-0.1, -0.05) is 18.2 Å². The molecule has 20 heavy (non-hydrogen) atoms. The number of anilines is 1. The highest BCUT2D eigenvalue weighted by Gasteiger charge is 2.09. The molecular formula is C16H22N2O2. The Kier molecular flexibility index (Phi) is 4.93. The number of aliphatic hydroxyl groups is 1. The number of hydrogen-bond acceptors (Lipinski definition) is 4. The summed E-state index contributed by atoms with van der Waals surface area (Å²) >= 11 is 0. The van der Waals surface area contributed by atoms with Gasteiger partial charge in [-0.25, -0.2) is 0 Å². The van der Waals surface area contributed by atoms with E-state index in [9.17, 15) is 5.11 Å². The smallest absolute Gasteiger partial charge is 0.0854 e. The summed E-state index contributed by atoms with van der Waals surface area (Å²) in [4.78, 5) is 6.58. The van der Waals surface area contributed by atoms with Crippen molar-refractivity contribution in [2.24, 2.45) is 0 Å². The van der Waals surface area contributed by atoms with Crippen molar-refractivity contribution in [1.29, 1.82) is 0 Å². The van der Waals surface area contributed by atoms with Crippen LogP contribution in [0, 0.1) is 0 Å². The Morgan fingerprint density at radius 1 is 1.30 bits per heavy atom. The van der Waals surface area contributed by atoms with E-state index in [1.165, 1.54) is 0 Å². The van der Waals surface area contributed by atoms with Crippen LogP contribution in [0.15, 0.2) is 30.3 Å². The maximum atomic E-state index is 9.35. The molecule has 0 aliphatic carbocycles. The number of rotatable bonds is 6. The second kappa shape index (κ2) is 6.68. The minimum Gasteiger partial charge on any atom is -0.390 e. The highest BCUT2D eigenvalue weighted by Crippen LogP contribution is 2.25. The van der Waals surface area contributed by atoms with E-state index in [2.05, 4.69) is 16.0 Å². The Hall–Kier alpha value is -1.65. The quantitative estimate of drug-likeness (QED) is 0.879. The predicted octanol–water partition coefficient (Wildman–Crippen LogP) is 2.59. The van der Waals surface area contributed by atoms with Gasteiger partial charge in [0, 0.05) is 24.7 Å². The van der Waals surface area contributed by atoms with Crippen LogP contribution in [0.2, 0.25) is 0 Å². The fourth-order valence-electron chi connectivity index (χ4n) is 2.15. The first kappa shape index (κ1) is 14.8. The minimum absolute atomic E-state index is 0.0475. The summed E-state index contributed by atoms with van der Waals surface area (Å²) < 4.78 is 5.60. The van der Waals surface area contributed by atoms with Gasteiger partial charge in [0.05, 0.1) is 30.5 Å². The van der Waals surface area contributed by atoms with Crippen molar-refractivity contribution >= 4 is 16.6 Å². The molecule has 0 aliphatic heterocycles. The number of benzene rings is 1. The van der Waals surface area contributed by atoms with Gasteiger partial charge in [0.25, 0.3) is 0 Å². The maximum absolute atomic E-state index is 9.35. The average Bonchev–Trinajstić information content (AvgIpc) is 2.45. The number of likely N-dealkylation sites (N-methyl/N-ethyl adjacent to an activating group) is 1. The lowest BCUT2D eigenvalue weighted by Gasteiger charge is -2.22. The molecule has 0 saturated heterocycles. The molecule has 0 amide bonds. The van der Waals surface area contributed by atoms with E-state index >= 15 is 0 Å². The molecule has 1 aromatic carbocycles. The number of ether oxygens (including phenoxy) is 1. The number of nitrogens with zero attached hydrogens (tertiary/aromatic N) is 2. The van der Waals surface area contributed by atoms with Crippen LogP contribution in [0.3, 0.4) is 0 Å². The van der Waals surface area contributed by atoms with Crippen molar-refractivity contribution in [3.63, 3.8) is 0 Å².